The minimum Gasteiger partial charge on any atom is -0.360 e. The summed E-state index contributed by atoms with van der Waals surface area (Å²) in [5, 5.41) is 7.34. The fraction of sp³-hybridized carbons (Fsp3) is 0.391. The lowest BCUT2D eigenvalue weighted by Crippen LogP contribution is -2.49. The molecule has 1 aromatic carbocycles. The third kappa shape index (κ3) is 4.38. The standard InChI is InChI=1S/C23H26N6O2/c1-15-3-7-18(8-4-15)25-21-13-16(2)24-23(26-21)29-11-9-28(10-12-29)22(30)19-14-20(31-27-19)17-5-6-17/h3-4,7-8,13-14,17H,5-6,9-12H2,1-2H3,(H,24,25,26). The van der Waals surface area contributed by atoms with Gasteiger partial charge in [0.15, 0.2) is 5.69 Å². The van der Waals surface area contributed by atoms with Gasteiger partial charge < -0.3 is 19.6 Å². The zero-order valence-electron chi connectivity index (χ0n) is 17.8. The highest BCUT2D eigenvalue weighted by Crippen LogP contribution is 2.40. The number of carbonyl (C=O) groups is 1. The Morgan fingerprint density at radius 1 is 1.03 bits per heavy atom. The van der Waals surface area contributed by atoms with Gasteiger partial charge in [0.05, 0.1) is 0 Å². The van der Waals surface area contributed by atoms with Crippen LogP contribution in [-0.4, -0.2) is 52.1 Å². The van der Waals surface area contributed by atoms with Crippen molar-refractivity contribution in [1.82, 2.24) is 20.0 Å². The molecular formula is C23H26N6O2. The summed E-state index contributed by atoms with van der Waals surface area (Å²) in [5.41, 5.74) is 3.51. The molecule has 1 amide bonds. The molecule has 0 atom stereocenters. The van der Waals surface area contributed by atoms with E-state index in [0.717, 1.165) is 35.8 Å². The topological polar surface area (TPSA) is 87.4 Å². The highest BCUT2D eigenvalue weighted by molar-refractivity contribution is 5.92. The number of aromatic nitrogens is 3. The lowest BCUT2D eigenvalue weighted by Gasteiger charge is -2.34. The molecule has 31 heavy (non-hydrogen) atoms. The van der Waals surface area contributed by atoms with E-state index in [1.807, 2.05) is 30.0 Å². The predicted molar refractivity (Wildman–Crippen MR) is 118 cm³/mol. The van der Waals surface area contributed by atoms with E-state index in [1.165, 1.54) is 5.56 Å². The zero-order valence-corrected chi connectivity index (χ0v) is 17.8. The molecule has 2 aromatic heterocycles. The van der Waals surface area contributed by atoms with Crippen molar-refractivity contribution in [1.29, 1.82) is 0 Å². The number of nitrogens with one attached hydrogen (secondary N) is 1. The number of piperazine rings is 1. The molecule has 3 heterocycles. The molecule has 0 radical (unpaired) electrons. The van der Waals surface area contributed by atoms with Gasteiger partial charge in [-0.2, -0.15) is 4.98 Å². The molecule has 1 saturated heterocycles. The summed E-state index contributed by atoms with van der Waals surface area (Å²) in [6.45, 7) is 6.58. The first-order valence-corrected chi connectivity index (χ1v) is 10.8. The molecule has 1 saturated carbocycles. The molecular weight excluding hydrogens is 392 g/mol. The second-order valence-electron chi connectivity index (χ2n) is 8.35. The summed E-state index contributed by atoms with van der Waals surface area (Å²) in [4.78, 5) is 26.0. The Balaban J connectivity index is 1.23. The Bertz CT molecular complexity index is 1080. The summed E-state index contributed by atoms with van der Waals surface area (Å²) in [5.74, 6) is 2.66. The van der Waals surface area contributed by atoms with Gasteiger partial charge in [0.2, 0.25) is 5.95 Å². The Kier molecular flexibility index (Phi) is 5.05. The third-order valence-corrected chi connectivity index (χ3v) is 5.74. The molecule has 5 rings (SSSR count). The van der Waals surface area contributed by atoms with Crippen molar-refractivity contribution < 1.29 is 9.32 Å². The van der Waals surface area contributed by atoms with Crippen molar-refractivity contribution in [3.05, 3.63) is 59.1 Å². The lowest BCUT2D eigenvalue weighted by atomic mass is 10.2. The normalized spacial score (nSPS) is 16.5. The van der Waals surface area contributed by atoms with E-state index in [-0.39, 0.29) is 5.91 Å². The monoisotopic (exact) mass is 418 g/mol. The summed E-state index contributed by atoms with van der Waals surface area (Å²) in [7, 11) is 0. The van der Waals surface area contributed by atoms with Gasteiger partial charge in [-0.15, -0.1) is 0 Å². The predicted octanol–water partition coefficient (Wildman–Crippen LogP) is 3.66. The number of hydrogen-bond acceptors (Lipinski definition) is 7. The van der Waals surface area contributed by atoms with Crippen molar-refractivity contribution in [3.8, 4) is 0 Å². The largest absolute Gasteiger partial charge is 0.360 e. The zero-order chi connectivity index (χ0) is 21.4. The molecule has 0 unspecified atom stereocenters. The second kappa shape index (κ2) is 8.02. The Hall–Kier alpha value is -3.42. The number of anilines is 3. The van der Waals surface area contributed by atoms with E-state index in [2.05, 4.69) is 39.4 Å². The van der Waals surface area contributed by atoms with Gasteiger partial charge in [-0.05, 0) is 38.8 Å². The van der Waals surface area contributed by atoms with Gasteiger partial charge in [-0.3, -0.25) is 4.79 Å². The van der Waals surface area contributed by atoms with Gasteiger partial charge in [-0.25, -0.2) is 4.98 Å². The first-order chi connectivity index (χ1) is 15.0. The highest BCUT2D eigenvalue weighted by Gasteiger charge is 2.31. The molecule has 2 aliphatic rings. The summed E-state index contributed by atoms with van der Waals surface area (Å²) in [6, 6.07) is 11.9. The van der Waals surface area contributed by atoms with Crippen LogP contribution in [0.3, 0.4) is 0 Å². The van der Waals surface area contributed by atoms with Gasteiger partial charge in [0.25, 0.3) is 5.91 Å². The van der Waals surface area contributed by atoms with E-state index < -0.39 is 0 Å². The van der Waals surface area contributed by atoms with Crippen LogP contribution in [0.25, 0.3) is 0 Å². The van der Waals surface area contributed by atoms with E-state index in [4.69, 9.17) is 9.51 Å². The van der Waals surface area contributed by atoms with Crippen molar-refractivity contribution in [2.45, 2.75) is 32.6 Å². The summed E-state index contributed by atoms with van der Waals surface area (Å²) < 4.78 is 5.34. The molecule has 8 nitrogen and oxygen atoms in total. The van der Waals surface area contributed by atoms with Crippen LogP contribution in [0.2, 0.25) is 0 Å². The molecule has 1 aliphatic heterocycles. The van der Waals surface area contributed by atoms with Crippen molar-refractivity contribution in [2.75, 3.05) is 36.4 Å². The summed E-state index contributed by atoms with van der Waals surface area (Å²) >= 11 is 0. The first-order valence-electron chi connectivity index (χ1n) is 10.8. The van der Waals surface area contributed by atoms with Crippen LogP contribution in [0.5, 0.6) is 0 Å². The minimum absolute atomic E-state index is 0.0674. The van der Waals surface area contributed by atoms with Gasteiger partial charge in [0.1, 0.15) is 11.6 Å². The Morgan fingerprint density at radius 3 is 2.48 bits per heavy atom. The molecule has 160 valence electrons. The molecule has 0 bridgehead atoms. The Labute approximate surface area is 181 Å². The molecule has 0 spiro atoms. The van der Waals surface area contributed by atoms with Crippen LogP contribution < -0.4 is 10.2 Å². The SMILES string of the molecule is Cc1ccc(Nc2cc(C)nc(N3CCN(C(=O)c4cc(C5CC5)on4)CC3)n2)cc1. The van der Waals surface area contributed by atoms with Crippen LogP contribution in [-0.2, 0) is 0 Å². The fourth-order valence-corrected chi connectivity index (χ4v) is 3.77. The fourth-order valence-electron chi connectivity index (χ4n) is 3.77. The van der Waals surface area contributed by atoms with Crippen LogP contribution in [0.1, 0.15) is 46.3 Å². The van der Waals surface area contributed by atoms with Crippen LogP contribution >= 0.6 is 0 Å². The van der Waals surface area contributed by atoms with Crippen molar-refractivity contribution in [3.63, 3.8) is 0 Å². The number of rotatable bonds is 5. The molecule has 3 aromatic rings. The molecule has 1 aliphatic carbocycles. The van der Waals surface area contributed by atoms with Gasteiger partial charge >= 0.3 is 0 Å². The number of benzene rings is 1. The van der Waals surface area contributed by atoms with Gasteiger partial charge in [0, 0.05) is 55.6 Å². The quantitative estimate of drug-likeness (QED) is 0.676. The number of hydrogen-bond donors (Lipinski definition) is 1. The van der Waals surface area contributed by atoms with Gasteiger partial charge in [-0.1, -0.05) is 22.9 Å². The molecule has 2 fully saturated rings. The van der Waals surface area contributed by atoms with Crippen LogP contribution in [0.15, 0.2) is 40.9 Å². The number of amides is 1. The maximum absolute atomic E-state index is 12.8. The number of nitrogens with zero attached hydrogens (tertiary/aromatic N) is 5. The smallest absolute Gasteiger partial charge is 0.276 e. The minimum atomic E-state index is -0.0674. The van der Waals surface area contributed by atoms with E-state index in [0.29, 0.717) is 43.7 Å². The lowest BCUT2D eigenvalue weighted by molar-refractivity contribution is 0.0735. The van der Waals surface area contributed by atoms with E-state index in [9.17, 15) is 4.79 Å². The first kappa shape index (κ1) is 19.5. The van der Waals surface area contributed by atoms with E-state index in [1.54, 1.807) is 6.07 Å². The Morgan fingerprint density at radius 2 is 1.77 bits per heavy atom. The number of aryl methyl sites for hydroxylation is 2. The van der Waals surface area contributed by atoms with Crippen molar-refractivity contribution >= 4 is 23.4 Å². The maximum Gasteiger partial charge on any atom is 0.276 e. The van der Waals surface area contributed by atoms with Crippen LogP contribution in [0, 0.1) is 13.8 Å². The van der Waals surface area contributed by atoms with E-state index >= 15 is 0 Å². The van der Waals surface area contributed by atoms with Crippen LogP contribution in [0.4, 0.5) is 17.5 Å². The molecule has 8 heteroatoms. The molecule has 1 N–H and O–H groups in total. The highest BCUT2D eigenvalue weighted by atomic mass is 16.5. The maximum atomic E-state index is 12.8. The average Bonchev–Trinajstić information content (AvgIpc) is 3.51. The second-order valence-corrected chi connectivity index (χ2v) is 8.35. The third-order valence-electron chi connectivity index (χ3n) is 5.74. The average molecular weight is 419 g/mol. The number of carbonyl (C=O) groups excluding carboxylic acids is 1. The van der Waals surface area contributed by atoms with Crippen molar-refractivity contribution in [2.24, 2.45) is 0 Å². The summed E-state index contributed by atoms with van der Waals surface area (Å²) in [6.07, 6.45) is 2.25.